The minimum absolute atomic E-state index is 0.490. The smallest absolute Gasteiger partial charge is 0.0244 e. The molecule has 3 heteroatoms. The predicted octanol–water partition coefficient (Wildman–Crippen LogP) is 2.43. The second-order valence-corrected chi connectivity index (χ2v) is 7.99. The second kappa shape index (κ2) is 6.76. The molecular formula is C17H35N3. The lowest BCUT2D eigenvalue weighted by molar-refractivity contribution is 0.0833. The Hall–Kier alpha value is -0.120. The first kappa shape index (κ1) is 16.3. The molecule has 3 nitrogen and oxygen atoms in total. The van der Waals surface area contributed by atoms with Crippen molar-refractivity contribution in [3.63, 3.8) is 0 Å². The van der Waals surface area contributed by atoms with Gasteiger partial charge in [0.15, 0.2) is 0 Å². The molecule has 2 aliphatic rings. The molecular weight excluding hydrogens is 246 g/mol. The van der Waals surface area contributed by atoms with Gasteiger partial charge >= 0.3 is 0 Å². The molecule has 0 aromatic carbocycles. The predicted molar refractivity (Wildman–Crippen MR) is 87.1 cm³/mol. The molecule has 1 aliphatic heterocycles. The van der Waals surface area contributed by atoms with E-state index in [1.54, 1.807) is 0 Å². The van der Waals surface area contributed by atoms with E-state index in [4.69, 9.17) is 0 Å². The fraction of sp³-hybridized carbons (Fsp3) is 1.00. The summed E-state index contributed by atoms with van der Waals surface area (Å²) in [5.74, 6) is 0.732. The Bertz CT molecular complexity index is 293. The van der Waals surface area contributed by atoms with E-state index in [-0.39, 0.29) is 0 Å². The summed E-state index contributed by atoms with van der Waals surface area (Å²) in [6, 6.07) is 1.41. The first-order valence-corrected chi connectivity index (χ1v) is 8.56. The van der Waals surface area contributed by atoms with Crippen molar-refractivity contribution in [1.82, 2.24) is 15.1 Å². The van der Waals surface area contributed by atoms with E-state index in [9.17, 15) is 0 Å². The highest BCUT2D eigenvalue weighted by Crippen LogP contribution is 2.37. The van der Waals surface area contributed by atoms with E-state index in [0.29, 0.717) is 11.5 Å². The van der Waals surface area contributed by atoms with E-state index >= 15 is 0 Å². The Balaban J connectivity index is 1.86. The SMILES string of the molecule is CC(C)C(CNC1CCCC1(C)C)N1CCN(C)CC1. The van der Waals surface area contributed by atoms with Gasteiger partial charge in [-0.05, 0) is 31.2 Å². The average Bonchev–Trinajstić information content (AvgIpc) is 2.71. The number of hydrogen-bond donors (Lipinski definition) is 1. The fourth-order valence-corrected chi connectivity index (χ4v) is 3.91. The van der Waals surface area contributed by atoms with Gasteiger partial charge in [0.2, 0.25) is 0 Å². The van der Waals surface area contributed by atoms with Crippen molar-refractivity contribution in [1.29, 1.82) is 0 Å². The molecule has 2 rings (SSSR count). The third-order valence-corrected chi connectivity index (χ3v) is 5.61. The Morgan fingerprint density at radius 2 is 1.80 bits per heavy atom. The summed E-state index contributed by atoms with van der Waals surface area (Å²) in [6.45, 7) is 15.7. The second-order valence-electron chi connectivity index (χ2n) is 7.99. The van der Waals surface area contributed by atoms with Crippen LogP contribution < -0.4 is 5.32 Å². The van der Waals surface area contributed by atoms with Gasteiger partial charge in [0.25, 0.3) is 0 Å². The molecule has 0 bridgehead atoms. The average molecular weight is 281 g/mol. The molecule has 20 heavy (non-hydrogen) atoms. The molecule has 1 saturated heterocycles. The van der Waals surface area contributed by atoms with Gasteiger partial charge in [-0.15, -0.1) is 0 Å². The van der Waals surface area contributed by atoms with Crippen LogP contribution in [0.5, 0.6) is 0 Å². The summed E-state index contributed by atoms with van der Waals surface area (Å²) in [5, 5.41) is 3.91. The summed E-state index contributed by atoms with van der Waals surface area (Å²) >= 11 is 0. The van der Waals surface area contributed by atoms with E-state index in [1.165, 1.54) is 45.4 Å². The number of hydrogen-bond acceptors (Lipinski definition) is 3. The monoisotopic (exact) mass is 281 g/mol. The minimum atomic E-state index is 0.490. The van der Waals surface area contributed by atoms with Crippen molar-refractivity contribution in [3.8, 4) is 0 Å². The number of piperazine rings is 1. The largest absolute Gasteiger partial charge is 0.312 e. The summed E-state index contributed by atoms with van der Waals surface area (Å²) in [7, 11) is 2.24. The number of nitrogens with one attached hydrogen (secondary N) is 1. The number of likely N-dealkylation sites (N-methyl/N-ethyl adjacent to an activating group) is 1. The quantitative estimate of drug-likeness (QED) is 0.835. The lowest BCUT2D eigenvalue weighted by Crippen LogP contribution is -2.55. The van der Waals surface area contributed by atoms with Crippen molar-refractivity contribution in [2.45, 2.75) is 59.0 Å². The zero-order valence-corrected chi connectivity index (χ0v) is 14.3. The molecule has 0 radical (unpaired) electrons. The first-order chi connectivity index (χ1) is 9.40. The van der Waals surface area contributed by atoms with E-state index < -0.39 is 0 Å². The van der Waals surface area contributed by atoms with Crippen LogP contribution in [-0.4, -0.2) is 61.7 Å². The van der Waals surface area contributed by atoms with E-state index in [0.717, 1.165) is 18.5 Å². The Kier molecular flexibility index (Phi) is 5.49. The standard InChI is InChI=1S/C17H35N3/c1-14(2)15(20-11-9-19(5)10-12-20)13-18-16-7-6-8-17(16,3)4/h14-16,18H,6-13H2,1-5H3. The van der Waals surface area contributed by atoms with Crippen LogP contribution >= 0.6 is 0 Å². The van der Waals surface area contributed by atoms with Crippen LogP contribution in [-0.2, 0) is 0 Å². The van der Waals surface area contributed by atoms with Crippen LogP contribution in [0.2, 0.25) is 0 Å². The molecule has 1 heterocycles. The molecule has 0 aromatic rings. The fourth-order valence-electron chi connectivity index (χ4n) is 3.91. The number of rotatable bonds is 5. The van der Waals surface area contributed by atoms with Crippen LogP contribution in [0.3, 0.4) is 0 Å². The third-order valence-electron chi connectivity index (χ3n) is 5.61. The van der Waals surface area contributed by atoms with Crippen LogP contribution in [0, 0.1) is 11.3 Å². The van der Waals surface area contributed by atoms with Crippen molar-refractivity contribution >= 4 is 0 Å². The highest BCUT2D eigenvalue weighted by molar-refractivity contribution is 4.92. The molecule has 2 atom stereocenters. The molecule has 0 aromatic heterocycles. The summed E-state index contributed by atoms with van der Waals surface area (Å²) in [5.41, 5.74) is 0.490. The van der Waals surface area contributed by atoms with Crippen LogP contribution in [0.25, 0.3) is 0 Å². The third kappa shape index (κ3) is 3.96. The highest BCUT2D eigenvalue weighted by atomic mass is 15.3. The van der Waals surface area contributed by atoms with Crippen molar-refractivity contribution in [2.75, 3.05) is 39.8 Å². The molecule has 1 saturated carbocycles. The van der Waals surface area contributed by atoms with Gasteiger partial charge in [0.1, 0.15) is 0 Å². The lowest BCUT2D eigenvalue weighted by Gasteiger charge is -2.41. The summed E-state index contributed by atoms with van der Waals surface area (Å²) < 4.78 is 0. The molecule has 0 amide bonds. The van der Waals surface area contributed by atoms with Crippen LogP contribution in [0.4, 0.5) is 0 Å². The van der Waals surface area contributed by atoms with Gasteiger partial charge in [0.05, 0.1) is 0 Å². The molecule has 2 fully saturated rings. The Morgan fingerprint density at radius 1 is 1.15 bits per heavy atom. The lowest BCUT2D eigenvalue weighted by atomic mass is 9.87. The topological polar surface area (TPSA) is 18.5 Å². The Morgan fingerprint density at radius 3 is 2.30 bits per heavy atom. The maximum Gasteiger partial charge on any atom is 0.0244 e. The molecule has 1 aliphatic carbocycles. The summed E-state index contributed by atoms with van der Waals surface area (Å²) in [4.78, 5) is 5.15. The van der Waals surface area contributed by atoms with E-state index in [1.807, 2.05) is 0 Å². The maximum absolute atomic E-state index is 3.91. The zero-order chi connectivity index (χ0) is 14.8. The van der Waals surface area contributed by atoms with Crippen LogP contribution in [0.15, 0.2) is 0 Å². The highest BCUT2D eigenvalue weighted by Gasteiger charge is 2.35. The van der Waals surface area contributed by atoms with Gasteiger partial charge in [-0.25, -0.2) is 0 Å². The molecule has 118 valence electrons. The summed E-state index contributed by atoms with van der Waals surface area (Å²) in [6.07, 6.45) is 4.14. The van der Waals surface area contributed by atoms with Crippen molar-refractivity contribution in [2.24, 2.45) is 11.3 Å². The van der Waals surface area contributed by atoms with Gasteiger partial charge in [-0.2, -0.15) is 0 Å². The number of nitrogens with zero attached hydrogens (tertiary/aromatic N) is 2. The van der Waals surface area contributed by atoms with Gasteiger partial charge in [-0.3, -0.25) is 4.90 Å². The molecule has 1 N–H and O–H groups in total. The van der Waals surface area contributed by atoms with Gasteiger partial charge in [0, 0.05) is 44.8 Å². The van der Waals surface area contributed by atoms with Crippen LogP contribution in [0.1, 0.15) is 47.0 Å². The van der Waals surface area contributed by atoms with E-state index in [2.05, 4.69) is 49.9 Å². The first-order valence-electron chi connectivity index (χ1n) is 8.56. The van der Waals surface area contributed by atoms with Crippen molar-refractivity contribution < 1.29 is 0 Å². The van der Waals surface area contributed by atoms with Crippen molar-refractivity contribution in [3.05, 3.63) is 0 Å². The molecule has 2 unspecified atom stereocenters. The zero-order valence-electron chi connectivity index (χ0n) is 14.3. The minimum Gasteiger partial charge on any atom is -0.312 e. The molecule has 0 spiro atoms. The Labute approximate surface area is 126 Å². The normalized spacial score (nSPS) is 30.0. The van der Waals surface area contributed by atoms with Gasteiger partial charge in [-0.1, -0.05) is 34.1 Å². The van der Waals surface area contributed by atoms with Gasteiger partial charge < -0.3 is 10.2 Å². The maximum atomic E-state index is 3.91.